The first-order chi connectivity index (χ1) is 11.4. The minimum absolute atomic E-state index is 0.0124. The van der Waals surface area contributed by atoms with Crippen LogP contribution in [0.3, 0.4) is 0 Å². The van der Waals surface area contributed by atoms with Crippen molar-refractivity contribution < 1.29 is 14.3 Å². The Morgan fingerprint density at radius 3 is 2.75 bits per heavy atom. The highest BCUT2D eigenvalue weighted by Crippen LogP contribution is 2.65. The van der Waals surface area contributed by atoms with E-state index in [4.69, 9.17) is 4.74 Å². The van der Waals surface area contributed by atoms with Crippen molar-refractivity contribution in [1.82, 2.24) is 5.32 Å². The van der Waals surface area contributed by atoms with Crippen molar-refractivity contribution in [2.75, 3.05) is 7.11 Å². The smallest absolute Gasteiger partial charge is 0.309 e. The molecule has 3 fully saturated rings. The van der Waals surface area contributed by atoms with Crippen molar-refractivity contribution in [3.8, 4) is 0 Å². The predicted octanol–water partition coefficient (Wildman–Crippen LogP) is 3.42. The van der Waals surface area contributed by atoms with Gasteiger partial charge < -0.3 is 10.1 Å². The molecule has 1 amide bonds. The number of ether oxygens (including phenoxy) is 1. The number of carbonyl (C=O) groups is 2. The summed E-state index contributed by atoms with van der Waals surface area (Å²) in [5.41, 5.74) is 1.38. The lowest BCUT2D eigenvalue weighted by molar-refractivity contribution is -0.152. The van der Waals surface area contributed by atoms with E-state index < -0.39 is 0 Å². The maximum atomic E-state index is 12.3. The van der Waals surface area contributed by atoms with E-state index in [2.05, 4.69) is 25.2 Å². The number of nitrogens with one attached hydrogen (secondary N) is 1. The highest BCUT2D eigenvalue weighted by molar-refractivity contribution is 5.79. The fraction of sp³-hybridized carbons (Fsp3) is 0.800. The maximum Gasteiger partial charge on any atom is 0.309 e. The van der Waals surface area contributed by atoms with Gasteiger partial charge in [0.1, 0.15) is 0 Å². The van der Waals surface area contributed by atoms with Crippen LogP contribution in [0.15, 0.2) is 11.8 Å². The second kappa shape index (κ2) is 5.34. The lowest BCUT2D eigenvalue weighted by atomic mass is 9.49. The Morgan fingerprint density at radius 1 is 1.21 bits per heavy atom. The number of carbonyl (C=O) groups excluding carboxylic acids is 2. The van der Waals surface area contributed by atoms with Gasteiger partial charge in [0, 0.05) is 17.5 Å². The topological polar surface area (TPSA) is 55.4 Å². The molecule has 0 aromatic heterocycles. The van der Waals surface area contributed by atoms with Crippen molar-refractivity contribution in [3.05, 3.63) is 11.8 Å². The molecule has 0 spiro atoms. The quantitative estimate of drug-likeness (QED) is 0.749. The van der Waals surface area contributed by atoms with Gasteiger partial charge >= 0.3 is 5.97 Å². The van der Waals surface area contributed by atoms with E-state index in [1.165, 1.54) is 12.8 Å². The Hall–Kier alpha value is -1.32. The normalized spacial score (nSPS) is 47.0. The first-order valence-corrected chi connectivity index (χ1v) is 9.48. The van der Waals surface area contributed by atoms with Crippen LogP contribution in [0.5, 0.6) is 0 Å². The van der Waals surface area contributed by atoms with Gasteiger partial charge in [0.25, 0.3) is 0 Å². The second-order valence-corrected chi connectivity index (χ2v) is 8.89. The molecule has 1 N–H and O–H groups in total. The predicted molar refractivity (Wildman–Crippen MR) is 90.7 cm³/mol. The monoisotopic (exact) mass is 331 g/mol. The van der Waals surface area contributed by atoms with Gasteiger partial charge in [0.15, 0.2) is 0 Å². The Bertz CT molecular complexity index is 612. The van der Waals surface area contributed by atoms with E-state index in [9.17, 15) is 9.59 Å². The van der Waals surface area contributed by atoms with Gasteiger partial charge in [-0.3, -0.25) is 9.59 Å². The number of hydrogen-bond acceptors (Lipinski definition) is 3. The Labute approximate surface area is 144 Å². The van der Waals surface area contributed by atoms with Gasteiger partial charge in [-0.1, -0.05) is 19.9 Å². The van der Waals surface area contributed by atoms with Crippen LogP contribution in [0.2, 0.25) is 0 Å². The summed E-state index contributed by atoms with van der Waals surface area (Å²) >= 11 is 0. The van der Waals surface area contributed by atoms with E-state index in [-0.39, 0.29) is 28.6 Å². The van der Waals surface area contributed by atoms with Crippen LogP contribution in [0.1, 0.15) is 58.8 Å². The van der Waals surface area contributed by atoms with Gasteiger partial charge in [-0.15, -0.1) is 0 Å². The molecule has 0 bridgehead atoms. The SMILES string of the molecule is COC(=O)[C@H]1CC[C@H]2[C@@H]3CC=C4NC(=O)CC[C@]4(C)[C@H]3CC[C@]12C. The number of esters is 1. The molecule has 24 heavy (non-hydrogen) atoms. The van der Waals surface area contributed by atoms with Gasteiger partial charge in [-0.25, -0.2) is 0 Å². The van der Waals surface area contributed by atoms with Gasteiger partial charge in [0.05, 0.1) is 13.0 Å². The van der Waals surface area contributed by atoms with Crippen LogP contribution in [-0.2, 0) is 14.3 Å². The number of methoxy groups -OCH3 is 1. The fourth-order valence-electron chi connectivity index (χ4n) is 6.72. The highest BCUT2D eigenvalue weighted by atomic mass is 16.5. The molecule has 2 saturated carbocycles. The average molecular weight is 331 g/mol. The molecule has 132 valence electrons. The minimum Gasteiger partial charge on any atom is -0.469 e. The van der Waals surface area contributed by atoms with E-state index in [1.807, 2.05) is 0 Å². The summed E-state index contributed by atoms with van der Waals surface area (Å²) < 4.78 is 5.10. The van der Waals surface area contributed by atoms with Crippen LogP contribution in [-0.4, -0.2) is 19.0 Å². The second-order valence-electron chi connectivity index (χ2n) is 8.89. The van der Waals surface area contributed by atoms with Crippen molar-refractivity contribution in [2.24, 2.45) is 34.5 Å². The number of fused-ring (bicyclic) bond motifs is 5. The molecular weight excluding hydrogens is 302 g/mol. The third kappa shape index (κ3) is 2.04. The van der Waals surface area contributed by atoms with Crippen LogP contribution in [0, 0.1) is 34.5 Å². The number of hydrogen-bond donors (Lipinski definition) is 1. The van der Waals surface area contributed by atoms with Crippen molar-refractivity contribution in [1.29, 1.82) is 0 Å². The summed E-state index contributed by atoms with van der Waals surface area (Å²) in [5.74, 6) is 2.10. The van der Waals surface area contributed by atoms with Crippen molar-refractivity contribution in [3.63, 3.8) is 0 Å². The van der Waals surface area contributed by atoms with Crippen LogP contribution in [0.4, 0.5) is 0 Å². The van der Waals surface area contributed by atoms with E-state index >= 15 is 0 Å². The summed E-state index contributed by atoms with van der Waals surface area (Å²) in [6.45, 7) is 4.68. The average Bonchev–Trinajstić information content (AvgIpc) is 2.92. The molecular formula is C20H29NO3. The number of amides is 1. The van der Waals surface area contributed by atoms with E-state index in [0.29, 0.717) is 24.2 Å². The molecule has 1 aliphatic heterocycles. The van der Waals surface area contributed by atoms with E-state index in [1.54, 1.807) is 0 Å². The number of rotatable bonds is 1. The zero-order valence-electron chi connectivity index (χ0n) is 15.1. The van der Waals surface area contributed by atoms with Crippen LogP contribution >= 0.6 is 0 Å². The Balaban J connectivity index is 1.65. The van der Waals surface area contributed by atoms with Gasteiger partial charge in [-0.05, 0) is 61.7 Å². The standard InChI is InChI=1S/C20H29NO3/c1-19-10-8-14-12(13(19)5-6-15(19)18(23)24-3)4-7-16-20(14,2)11-9-17(22)21-16/h7,12-15H,4-6,8-11H2,1-3H3,(H,21,22)/t12-,13-,14-,15+,19-,20+/m0/s1. The molecule has 0 unspecified atom stereocenters. The summed E-state index contributed by atoms with van der Waals surface area (Å²) in [7, 11) is 1.52. The summed E-state index contributed by atoms with van der Waals surface area (Å²) in [6, 6.07) is 0. The molecule has 1 saturated heterocycles. The highest BCUT2D eigenvalue weighted by Gasteiger charge is 2.60. The zero-order chi connectivity index (χ0) is 17.1. The molecule has 0 aromatic carbocycles. The molecule has 4 aliphatic rings. The lowest BCUT2D eigenvalue weighted by Crippen LogP contribution is -2.53. The van der Waals surface area contributed by atoms with Crippen LogP contribution < -0.4 is 5.32 Å². The van der Waals surface area contributed by atoms with Crippen LogP contribution in [0.25, 0.3) is 0 Å². The summed E-state index contributed by atoms with van der Waals surface area (Å²) in [5, 5.41) is 3.15. The van der Waals surface area contributed by atoms with Crippen molar-refractivity contribution in [2.45, 2.75) is 58.8 Å². The Morgan fingerprint density at radius 2 is 2.00 bits per heavy atom. The zero-order valence-corrected chi connectivity index (χ0v) is 15.1. The van der Waals surface area contributed by atoms with E-state index in [0.717, 1.165) is 38.5 Å². The molecule has 4 heteroatoms. The molecule has 4 nitrogen and oxygen atoms in total. The third-order valence-electron chi connectivity index (χ3n) is 8.10. The molecule has 4 rings (SSSR count). The Kier molecular flexibility index (Phi) is 3.59. The lowest BCUT2D eigenvalue weighted by Gasteiger charge is -2.57. The minimum atomic E-state index is -0.0124. The summed E-state index contributed by atoms with van der Waals surface area (Å²) in [6.07, 6.45) is 9.33. The number of allylic oxidation sites excluding steroid dienone is 2. The molecule has 0 aromatic rings. The molecule has 6 atom stereocenters. The third-order valence-corrected chi connectivity index (χ3v) is 8.10. The summed E-state index contributed by atoms with van der Waals surface area (Å²) in [4.78, 5) is 24.1. The van der Waals surface area contributed by atoms with Crippen molar-refractivity contribution >= 4 is 11.9 Å². The van der Waals surface area contributed by atoms with Gasteiger partial charge in [-0.2, -0.15) is 0 Å². The maximum absolute atomic E-state index is 12.3. The first-order valence-electron chi connectivity index (χ1n) is 9.48. The first kappa shape index (κ1) is 16.2. The largest absolute Gasteiger partial charge is 0.469 e. The fourth-order valence-corrected chi connectivity index (χ4v) is 6.72. The molecule has 3 aliphatic carbocycles. The van der Waals surface area contributed by atoms with Gasteiger partial charge in [0.2, 0.25) is 5.91 Å². The number of piperidine rings is 1. The molecule has 0 radical (unpaired) electrons. The molecule has 1 heterocycles.